The highest BCUT2D eigenvalue weighted by Gasteiger charge is 2.06. The molecule has 1 heterocycles. The Hall–Kier alpha value is -0.380. The third kappa shape index (κ3) is 4.64. The van der Waals surface area contributed by atoms with Crippen molar-refractivity contribution >= 4 is 11.3 Å². The number of thiophene rings is 1. The Kier molecular flexibility index (Phi) is 6.03. The quantitative estimate of drug-likeness (QED) is 0.738. The molecule has 0 atom stereocenters. The van der Waals surface area contributed by atoms with Gasteiger partial charge in [-0.25, -0.2) is 0 Å². The molecule has 0 aliphatic rings. The van der Waals surface area contributed by atoms with Gasteiger partial charge in [-0.2, -0.15) is 0 Å². The van der Waals surface area contributed by atoms with Crippen LogP contribution >= 0.6 is 11.3 Å². The van der Waals surface area contributed by atoms with Crippen LogP contribution in [0.25, 0.3) is 0 Å². The molecule has 0 radical (unpaired) electrons. The van der Waals surface area contributed by atoms with Crippen molar-refractivity contribution in [1.29, 1.82) is 0 Å². The summed E-state index contributed by atoms with van der Waals surface area (Å²) in [5.74, 6) is 0. The van der Waals surface area contributed by atoms with Crippen LogP contribution in [0.2, 0.25) is 0 Å². The van der Waals surface area contributed by atoms with Crippen molar-refractivity contribution in [2.45, 2.75) is 53.4 Å². The van der Waals surface area contributed by atoms with E-state index < -0.39 is 0 Å². The van der Waals surface area contributed by atoms with Gasteiger partial charge >= 0.3 is 0 Å². The number of ether oxygens (including phenoxy) is 1. The summed E-state index contributed by atoms with van der Waals surface area (Å²) in [5, 5.41) is 3.43. The van der Waals surface area contributed by atoms with Crippen molar-refractivity contribution in [3.8, 4) is 0 Å². The number of hydrogen-bond acceptors (Lipinski definition) is 3. The van der Waals surface area contributed by atoms with E-state index in [1.54, 1.807) is 0 Å². The van der Waals surface area contributed by atoms with Crippen molar-refractivity contribution in [2.24, 2.45) is 0 Å². The maximum absolute atomic E-state index is 5.63. The van der Waals surface area contributed by atoms with Crippen LogP contribution in [-0.2, 0) is 17.9 Å². The fourth-order valence-corrected chi connectivity index (χ4v) is 2.48. The Balaban J connectivity index is 2.46. The highest BCUT2D eigenvalue weighted by Crippen LogP contribution is 2.22. The summed E-state index contributed by atoms with van der Waals surface area (Å²) in [4.78, 5) is 2.79. The Bertz CT molecular complexity index is 307. The minimum Gasteiger partial charge on any atom is -0.374 e. The molecule has 0 aliphatic carbocycles. The summed E-state index contributed by atoms with van der Waals surface area (Å²) in [6.07, 6.45) is 1.49. The maximum atomic E-state index is 5.63. The van der Waals surface area contributed by atoms with Crippen molar-refractivity contribution < 1.29 is 4.74 Å². The first kappa shape index (κ1) is 13.7. The monoisotopic (exact) mass is 241 g/mol. The molecule has 0 saturated carbocycles. The predicted molar refractivity (Wildman–Crippen MR) is 71.0 cm³/mol. The van der Waals surface area contributed by atoms with Gasteiger partial charge in [-0.05, 0) is 45.4 Å². The lowest BCUT2D eigenvalue weighted by Gasteiger charge is -2.06. The summed E-state index contributed by atoms with van der Waals surface area (Å²) in [5.41, 5.74) is 1.34. The van der Waals surface area contributed by atoms with Crippen LogP contribution in [0.4, 0.5) is 0 Å². The van der Waals surface area contributed by atoms with Crippen LogP contribution in [0.3, 0.4) is 0 Å². The highest BCUT2D eigenvalue weighted by molar-refractivity contribution is 7.12. The van der Waals surface area contributed by atoms with Crippen molar-refractivity contribution in [3.63, 3.8) is 0 Å². The lowest BCUT2D eigenvalue weighted by Crippen LogP contribution is -2.12. The Morgan fingerprint density at radius 2 is 2.19 bits per heavy atom. The standard InChI is InChI=1S/C13H23NOS/c1-5-6-14-8-13-7-12(11(4)16-13)9-15-10(2)3/h7,10,14H,5-6,8-9H2,1-4H3. The van der Waals surface area contributed by atoms with E-state index in [0.717, 1.165) is 19.7 Å². The van der Waals surface area contributed by atoms with Crippen LogP contribution in [0.1, 0.15) is 42.5 Å². The number of rotatable bonds is 7. The highest BCUT2D eigenvalue weighted by atomic mass is 32.1. The first-order chi connectivity index (χ1) is 7.63. The molecule has 0 aromatic carbocycles. The van der Waals surface area contributed by atoms with Gasteiger partial charge in [0, 0.05) is 16.3 Å². The fourth-order valence-electron chi connectivity index (χ4n) is 1.46. The van der Waals surface area contributed by atoms with E-state index in [1.165, 1.54) is 21.7 Å². The van der Waals surface area contributed by atoms with Crippen LogP contribution < -0.4 is 5.32 Å². The van der Waals surface area contributed by atoms with E-state index in [2.05, 4.69) is 39.1 Å². The molecule has 0 aliphatic heterocycles. The fraction of sp³-hybridized carbons (Fsp3) is 0.692. The lowest BCUT2D eigenvalue weighted by molar-refractivity contribution is 0.0656. The second kappa shape index (κ2) is 7.05. The van der Waals surface area contributed by atoms with E-state index in [9.17, 15) is 0 Å². The molecule has 0 amide bonds. The lowest BCUT2D eigenvalue weighted by atomic mass is 10.2. The van der Waals surface area contributed by atoms with Crippen molar-refractivity contribution in [2.75, 3.05) is 6.54 Å². The molecule has 2 nitrogen and oxygen atoms in total. The minimum atomic E-state index is 0.306. The third-order valence-electron chi connectivity index (χ3n) is 2.37. The number of nitrogens with one attached hydrogen (secondary N) is 1. The summed E-state index contributed by atoms with van der Waals surface area (Å²) in [6, 6.07) is 2.27. The molecule has 1 aromatic heterocycles. The predicted octanol–water partition coefficient (Wildman–Crippen LogP) is 3.48. The summed E-state index contributed by atoms with van der Waals surface area (Å²) >= 11 is 1.87. The van der Waals surface area contributed by atoms with Gasteiger partial charge in [-0.3, -0.25) is 0 Å². The third-order valence-corrected chi connectivity index (χ3v) is 3.46. The molecule has 0 spiro atoms. The van der Waals surface area contributed by atoms with Crippen LogP contribution in [0.5, 0.6) is 0 Å². The van der Waals surface area contributed by atoms with E-state index >= 15 is 0 Å². The number of hydrogen-bond donors (Lipinski definition) is 1. The zero-order chi connectivity index (χ0) is 12.0. The van der Waals surface area contributed by atoms with E-state index in [0.29, 0.717) is 6.10 Å². The van der Waals surface area contributed by atoms with Crippen LogP contribution in [0, 0.1) is 6.92 Å². The molecule has 0 fully saturated rings. The van der Waals surface area contributed by atoms with Gasteiger partial charge in [0.15, 0.2) is 0 Å². The van der Waals surface area contributed by atoms with Gasteiger partial charge in [-0.1, -0.05) is 6.92 Å². The molecule has 1 aromatic rings. The summed E-state index contributed by atoms with van der Waals surface area (Å²) in [6.45, 7) is 11.3. The van der Waals surface area contributed by atoms with Gasteiger partial charge in [0.1, 0.15) is 0 Å². The molecule has 0 bridgehead atoms. The van der Waals surface area contributed by atoms with Crippen molar-refractivity contribution in [3.05, 3.63) is 21.4 Å². The molecule has 3 heteroatoms. The van der Waals surface area contributed by atoms with Gasteiger partial charge in [-0.15, -0.1) is 11.3 Å². The Morgan fingerprint density at radius 3 is 2.81 bits per heavy atom. The molecule has 92 valence electrons. The summed E-state index contributed by atoms with van der Waals surface area (Å²) in [7, 11) is 0. The zero-order valence-corrected chi connectivity index (χ0v) is 11.6. The SMILES string of the molecule is CCCNCc1cc(COC(C)C)c(C)s1. The Morgan fingerprint density at radius 1 is 1.44 bits per heavy atom. The number of aryl methyl sites for hydroxylation is 1. The molecular formula is C13H23NOS. The molecule has 1 rings (SSSR count). The summed E-state index contributed by atoms with van der Waals surface area (Å²) < 4.78 is 5.63. The second-order valence-corrected chi connectivity index (χ2v) is 5.67. The second-order valence-electron chi connectivity index (χ2n) is 4.33. The first-order valence-corrected chi connectivity index (χ1v) is 6.85. The average Bonchev–Trinajstić information content (AvgIpc) is 2.57. The Labute approximate surface area is 103 Å². The molecular weight excluding hydrogens is 218 g/mol. The largest absolute Gasteiger partial charge is 0.374 e. The topological polar surface area (TPSA) is 21.3 Å². The minimum absolute atomic E-state index is 0.306. The first-order valence-electron chi connectivity index (χ1n) is 6.04. The van der Waals surface area contributed by atoms with Gasteiger partial charge in [0.25, 0.3) is 0 Å². The van der Waals surface area contributed by atoms with Gasteiger partial charge in [0.2, 0.25) is 0 Å². The van der Waals surface area contributed by atoms with E-state index in [1.807, 2.05) is 11.3 Å². The molecule has 16 heavy (non-hydrogen) atoms. The van der Waals surface area contributed by atoms with Crippen molar-refractivity contribution in [1.82, 2.24) is 5.32 Å². The molecule has 0 saturated heterocycles. The van der Waals surface area contributed by atoms with E-state index in [-0.39, 0.29) is 0 Å². The van der Waals surface area contributed by atoms with Crippen LogP contribution in [-0.4, -0.2) is 12.6 Å². The van der Waals surface area contributed by atoms with Crippen LogP contribution in [0.15, 0.2) is 6.07 Å². The average molecular weight is 241 g/mol. The smallest absolute Gasteiger partial charge is 0.0731 e. The zero-order valence-electron chi connectivity index (χ0n) is 10.8. The normalized spacial score (nSPS) is 11.3. The maximum Gasteiger partial charge on any atom is 0.0731 e. The molecule has 1 N–H and O–H groups in total. The van der Waals surface area contributed by atoms with E-state index in [4.69, 9.17) is 4.74 Å². The van der Waals surface area contributed by atoms with Gasteiger partial charge < -0.3 is 10.1 Å². The molecule has 0 unspecified atom stereocenters. The van der Waals surface area contributed by atoms with Gasteiger partial charge in [0.05, 0.1) is 12.7 Å².